The number of phenols is 1. The molecule has 150 valence electrons. The zero-order valence-corrected chi connectivity index (χ0v) is 16.7. The summed E-state index contributed by atoms with van der Waals surface area (Å²) in [7, 11) is 1.48. The molecule has 0 radical (unpaired) electrons. The number of methoxy groups -OCH3 is 1. The minimum Gasteiger partial charge on any atom is -0.508 e. The molecule has 0 aliphatic carbocycles. The van der Waals surface area contributed by atoms with E-state index < -0.39 is 5.25 Å². The van der Waals surface area contributed by atoms with E-state index in [9.17, 15) is 14.7 Å². The van der Waals surface area contributed by atoms with E-state index in [1.807, 2.05) is 0 Å². The highest BCUT2D eigenvalue weighted by Crippen LogP contribution is 2.35. The number of amidine groups is 1. The SMILES string of the molecule is COc1ccccc1N1C(=O)CC(SC(N)=N/N=C(\C)c2ccc(O)cc2)C1=O. The number of aromatic hydroxyl groups is 1. The van der Waals surface area contributed by atoms with Crippen LogP contribution < -0.4 is 15.4 Å². The van der Waals surface area contributed by atoms with Gasteiger partial charge in [-0.05, 0) is 48.9 Å². The molecule has 1 heterocycles. The van der Waals surface area contributed by atoms with Gasteiger partial charge >= 0.3 is 0 Å². The monoisotopic (exact) mass is 412 g/mol. The van der Waals surface area contributed by atoms with Gasteiger partial charge in [0.1, 0.15) is 16.7 Å². The van der Waals surface area contributed by atoms with Gasteiger partial charge in [0.2, 0.25) is 11.8 Å². The highest BCUT2D eigenvalue weighted by molar-refractivity contribution is 8.14. The number of amides is 2. The first kappa shape index (κ1) is 20.4. The van der Waals surface area contributed by atoms with Crippen LogP contribution in [-0.4, -0.2) is 40.2 Å². The van der Waals surface area contributed by atoms with Crippen LogP contribution in [0.15, 0.2) is 58.7 Å². The van der Waals surface area contributed by atoms with E-state index in [1.165, 1.54) is 7.11 Å². The lowest BCUT2D eigenvalue weighted by Crippen LogP contribution is -2.32. The summed E-state index contributed by atoms with van der Waals surface area (Å²) in [5.74, 6) is -0.102. The Labute approximate surface area is 172 Å². The Morgan fingerprint density at radius 3 is 2.55 bits per heavy atom. The Morgan fingerprint density at radius 1 is 1.17 bits per heavy atom. The molecule has 0 saturated carbocycles. The molecule has 1 fully saturated rings. The predicted molar refractivity (Wildman–Crippen MR) is 113 cm³/mol. The maximum Gasteiger partial charge on any atom is 0.248 e. The third kappa shape index (κ3) is 4.57. The summed E-state index contributed by atoms with van der Waals surface area (Å²) in [6.07, 6.45) is 0.0123. The largest absolute Gasteiger partial charge is 0.508 e. The molecule has 8 nitrogen and oxygen atoms in total. The van der Waals surface area contributed by atoms with Crippen molar-refractivity contribution in [2.24, 2.45) is 15.9 Å². The van der Waals surface area contributed by atoms with Crippen LogP contribution in [0.5, 0.6) is 11.5 Å². The van der Waals surface area contributed by atoms with Crippen molar-refractivity contribution in [3.8, 4) is 11.5 Å². The van der Waals surface area contributed by atoms with Crippen LogP contribution in [0.25, 0.3) is 0 Å². The summed E-state index contributed by atoms with van der Waals surface area (Å²) in [5, 5.41) is 16.8. The van der Waals surface area contributed by atoms with Crippen LogP contribution in [0.3, 0.4) is 0 Å². The maximum absolute atomic E-state index is 12.8. The number of carbonyl (C=O) groups excluding carboxylic acids is 2. The van der Waals surface area contributed by atoms with Crippen LogP contribution in [0, 0.1) is 0 Å². The number of benzene rings is 2. The Morgan fingerprint density at radius 2 is 1.86 bits per heavy atom. The normalized spacial score (nSPS) is 17.7. The second kappa shape index (κ2) is 8.78. The molecule has 1 atom stereocenters. The summed E-state index contributed by atoms with van der Waals surface area (Å²) >= 11 is 0.998. The fraction of sp³-hybridized carbons (Fsp3) is 0.200. The van der Waals surface area contributed by atoms with Gasteiger partial charge in [-0.15, -0.1) is 5.10 Å². The van der Waals surface area contributed by atoms with E-state index >= 15 is 0 Å². The van der Waals surface area contributed by atoms with Crippen LogP contribution >= 0.6 is 11.8 Å². The number of nitrogens with zero attached hydrogens (tertiary/aromatic N) is 3. The van der Waals surface area contributed by atoms with Crippen molar-refractivity contribution < 1.29 is 19.4 Å². The summed E-state index contributed by atoms with van der Waals surface area (Å²) in [4.78, 5) is 26.3. The number of nitrogens with two attached hydrogens (primary N) is 1. The van der Waals surface area contributed by atoms with E-state index in [1.54, 1.807) is 55.5 Å². The summed E-state index contributed by atoms with van der Waals surface area (Å²) in [5.41, 5.74) is 7.69. The second-order valence-electron chi connectivity index (χ2n) is 6.22. The summed E-state index contributed by atoms with van der Waals surface area (Å²) < 4.78 is 5.25. The van der Waals surface area contributed by atoms with Gasteiger partial charge in [0.05, 0.1) is 18.5 Å². The Kier molecular flexibility index (Phi) is 6.18. The lowest BCUT2D eigenvalue weighted by Gasteiger charge is -2.17. The van der Waals surface area contributed by atoms with Crippen molar-refractivity contribution in [2.75, 3.05) is 12.0 Å². The average molecular weight is 412 g/mol. The van der Waals surface area contributed by atoms with Gasteiger partial charge in [-0.3, -0.25) is 9.59 Å². The van der Waals surface area contributed by atoms with Crippen LogP contribution in [0.2, 0.25) is 0 Å². The number of phenolic OH excluding ortho intramolecular Hbond substituents is 1. The molecule has 0 spiro atoms. The molecule has 1 aliphatic rings. The maximum atomic E-state index is 12.8. The topological polar surface area (TPSA) is 118 Å². The number of hydrogen-bond acceptors (Lipinski definition) is 7. The Bertz CT molecular complexity index is 988. The quantitative estimate of drug-likeness (QED) is 0.337. The number of hydrogen-bond donors (Lipinski definition) is 2. The number of carbonyl (C=O) groups is 2. The summed E-state index contributed by atoms with van der Waals surface area (Å²) in [6.45, 7) is 1.75. The first-order chi connectivity index (χ1) is 13.9. The molecule has 0 aromatic heterocycles. The minimum absolute atomic E-state index is 0.0123. The average Bonchev–Trinajstić information content (AvgIpc) is 2.99. The van der Waals surface area contributed by atoms with Gasteiger partial charge in [-0.25, -0.2) is 4.90 Å². The molecule has 1 saturated heterocycles. The first-order valence-corrected chi connectivity index (χ1v) is 9.62. The molecule has 1 aliphatic heterocycles. The van der Waals surface area contributed by atoms with E-state index in [2.05, 4.69) is 10.2 Å². The molecule has 2 aromatic carbocycles. The molecule has 2 aromatic rings. The molecule has 2 amide bonds. The van der Waals surface area contributed by atoms with Gasteiger partial charge in [-0.1, -0.05) is 23.9 Å². The molecule has 1 unspecified atom stereocenters. The first-order valence-electron chi connectivity index (χ1n) is 8.74. The van der Waals surface area contributed by atoms with Crippen LogP contribution in [-0.2, 0) is 9.59 Å². The third-order valence-electron chi connectivity index (χ3n) is 4.28. The molecule has 3 N–H and O–H groups in total. The summed E-state index contributed by atoms with van der Waals surface area (Å²) in [6, 6.07) is 13.3. The van der Waals surface area contributed by atoms with Crippen molar-refractivity contribution >= 4 is 40.1 Å². The van der Waals surface area contributed by atoms with Crippen LogP contribution in [0.4, 0.5) is 5.69 Å². The number of rotatable bonds is 5. The number of para-hydroxylation sites is 2. The molecular formula is C20H20N4O4S. The van der Waals surface area contributed by atoms with E-state index in [0.717, 1.165) is 22.2 Å². The molecule has 29 heavy (non-hydrogen) atoms. The number of thioether (sulfide) groups is 1. The lowest BCUT2D eigenvalue weighted by molar-refractivity contribution is -0.121. The minimum atomic E-state index is -0.680. The van der Waals surface area contributed by atoms with E-state index in [-0.39, 0.29) is 29.2 Å². The van der Waals surface area contributed by atoms with Gasteiger partial charge in [0.25, 0.3) is 0 Å². The number of ether oxygens (including phenoxy) is 1. The Hall–Kier alpha value is -3.33. The zero-order chi connectivity index (χ0) is 21.0. The second-order valence-corrected chi connectivity index (χ2v) is 7.44. The fourth-order valence-corrected chi connectivity index (χ4v) is 3.63. The van der Waals surface area contributed by atoms with Crippen molar-refractivity contribution in [1.82, 2.24) is 0 Å². The van der Waals surface area contributed by atoms with E-state index in [4.69, 9.17) is 10.5 Å². The Balaban J connectivity index is 1.72. The van der Waals surface area contributed by atoms with Gasteiger partial charge < -0.3 is 15.6 Å². The van der Waals surface area contributed by atoms with Crippen molar-refractivity contribution in [1.29, 1.82) is 0 Å². The zero-order valence-electron chi connectivity index (χ0n) is 15.9. The highest BCUT2D eigenvalue weighted by atomic mass is 32.2. The third-order valence-corrected chi connectivity index (χ3v) is 5.25. The van der Waals surface area contributed by atoms with Crippen molar-refractivity contribution in [2.45, 2.75) is 18.6 Å². The molecule has 3 rings (SSSR count). The van der Waals surface area contributed by atoms with Gasteiger partial charge in [0, 0.05) is 6.42 Å². The lowest BCUT2D eigenvalue weighted by atomic mass is 10.1. The van der Waals surface area contributed by atoms with Gasteiger partial charge in [0.15, 0.2) is 5.17 Å². The van der Waals surface area contributed by atoms with Crippen molar-refractivity contribution in [3.05, 3.63) is 54.1 Å². The van der Waals surface area contributed by atoms with E-state index in [0.29, 0.717) is 17.1 Å². The number of imide groups is 1. The fourth-order valence-electron chi connectivity index (χ4n) is 2.82. The van der Waals surface area contributed by atoms with Crippen LogP contribution in [0.1, 0.15) is 18.9 Å². The standard InChI is InChI=1S/C20H20N4O4S/c1-12(13-7-9-14(25)10-8-13)22-23-20(21)29-17-11-18(26)24(19(17)27)15-5-3-4-6-16(15)28-2/h3-10,17,25H,11H2,1-2H3,(H2,21,23)/b22-12+. The predicted octanol–water partition coefficient (Wildman–Crippen LogP) is 2.50. The number of anilines is 1. The molecule has 9 heteroatoms. The van der Waals surface area contributed by atoms with Gasteiger partial charge in [-0.2, -0.15) is 5.10 Å². The molecular weight excluding hydrogens is 392 g/mol. The van der Waals surface area contributed by atoms with Crippen molar-refractivity contribution in [3.63, 3.8) is 0 Å². The molecule has 0 bridgehead atoms. The smallest absolute Gasteiger partial charge is 0.248 e. The highest BCUT2D eigenvalue weighted by Gasteiger charge is 2.41.